The Balaban J connectivity index is 1.40. The van der Waals surface area contributed by atoms with Crippen LogP contribution in [0.1, 0.15) is 68.6 Å². The zero-order chi connectivity index (χ0) is 26.6. The lowest BCUT2D eigenvalue weighted by Crippen LogP contribution is -2.23. The molecule has 38 heavy (non-hydrogen) atoms. The van der Waals surface area contributed by atoms with Gasteiger partial charge in [0.25, 0.3) is 0 Å². The minimum absolute atomic E-state index is 0.146. The maximum atomic E-state index is 12.6. The maximum absolute atomic E-state index is 12.6. The van der Waals surface area contributed by atoms with Crippen LogP contribution in [0.25, 0.3) is 11.0 Å². The van der Waals surface area contributed by atoms with E-state index < -0.39 is 11.6 Å². The first-order valence-corrected chi connectivity index (χ1v) is 13.7. The molecule has 2 atom stereocenters. The molecule has 0 radical (unpaired) electrons. The second-order valence-electron chi connectivity index (χ2n) is 9.22. The lowest BCUT2D eigenvalue weighted by atomic mass is 10.1. The number of hydrogen-bond donors (Lipinski definition) is 0. The van der Waals surface area contributed by atoms with Crippen LogP contribution in [0.5, 0.6) is 11.5 Å². The number of carbonyl (C=O) groups excluding carboxylic acids is 1. The average molecular weight is 535 g/mol. The molecule has 4 rings (SSSR count). The summed E-state index contributed by atoms with van der Waals surface area (Å²) < 4.78 is 45.3. The molecule has 0 amide bonds. The Morgan fingerprint density at radius 3 is 2.16 bits per heavy atom. The Morgan fingerprint density at radius 2 is 1.55 bits per heavy atom. The van der Waals surface area contributed by atoms with Gasteiger partial charge in [-0.15, -0.1) is 0 Å². The zero-order valence-corrected chi connectivity index (χ0v) is 22.1. The fraction of sp³-hybridized carbons (Fsp3) is 0.643. The fourth-order valence-corrected chi connectivity index (χ4v) is 4.33. The Morgan fingerprint density at radius 1 is 0.895 bits per heavy atom. The molecule has 2 saturated heterocycles. The summed E-state index contributed by atoms with van der Waals surface area (Å²) >= 11 is 0. The second kappa shape index (κ2) is 15.1. The van der Waals surface area contributed by atoms with Crippen molar-refractivity contribution >= 4 is 16.9 Å². The normalized spacial score (nSPS) is 19.8. The van der Waals surface area contributed by atoms with Crippen molar-refractivity contribution in [2.45, 2.75) is 70.9 Å². The van der Waals surface area contributed by atoms with Gasteiger partial charge in [-0.1, -0.05) is 0 Å². The van der Waals surface area contributed by atoms with Crippen molar-refractivity contribution < 1.29 is 42.4 Å². The summed E-state index contributed by atoms with van der Waals surface area (Å²) in [6.07, 6.45) is 7.10. The molecule has 2 aliphatic rings. The standard InChI is InChI=1S/C28H38O10/c1-2-31-27(29)21-19-20-11-12-22(32-15-7-16-35-23-9-3-5-13-33-23)26(25(20)38-28(21)30)37-18-8-17-36-24-10-4-6-14-34-24/h11-12,19,23-24H,2-10,13-18H2,1H3. The van der Waals surface area contributed by atoms with Crippen LogP contribution in [0, 0.1) is 0 Å². The number of rotatable bonds is 14. The molecule has 2 unspecified atom stereocenters. The summed E-state index contributed by atoms with van der Waals surface area (Å²) in [6, 6.07) is 4.92. The van der Waals surface area contributed by atoms with Crippen LogP contribution < -0.4 is 15.1 Å². The number of ether oxygens (including phenoxy) is 7. The van der Waals surface area contributed by atoms with Gasteiger partial charge in [-0.05, 0) is 63.6 Å². The molecule has 0 N–H and O–H groups in total. The van der Waals surface area contributed by atoms with E-state index in [9.17, 15) is 9.59 Å². The monoisotopic (exact) mass is 534 g/mol. The van der Waals surface area contributed by atoms with Crippen molar-refractivity contribution in [2.75, 3.05) is 46.2 Å². The third-order valence-electron chi connectivity index (χ3n) is 6.28. The number of esters is 1. The predicted octanol–water partition coefficient (Wildman–Crippen LogP) is 4.59. The first kappa shape index (κ1) is 28.4. The highest BCUT2D eigenvalue weighted by atomic mass is 16.7. The zero-order valence-electron chi connectivity index (χ0n) is 22.1. The summed E-state index contributed by atoms with van der Waals surface area (Å²) in [7, 11) is 0. The van der Waals surface area contributed by atoms with Gasteiger partial charge in [0.05, 0.1) is 33.0 Å². The van der Waals surface area contributed by atoms with Gasteiger partial charge in [0, 0.05) is 31.4 Å². The molecule has 0 saturated carbocycles. The lowest BCUT2D eigenvalue weighted by Gasteiger charge is -2.23. The second-order valence-corrected chi connectivity index (χ2v) is 9.22. The van der Waals surface area contributed by atoms with Crippen molar-refractivity contribution in [1.82, 2.24) is 0 Å². The molecule has 3 heterocycles. The van der Waals surface area contributed by atoms with Crippen molar-refractivity contribution in [3.63, 3.8) is 0 Å². The van der Waals surface area contributed by atoms with Gasteiger partial charge in [0.1, 0.15) is 5.56 Å². The topological polar surface area (TPSA) is 112 Å². The average Bonchev–Trinajstić information content (AvgIpc) is 2.94. The Labute approximate surface area is 222 Å². The summed E-state index contributed by atoms with van der Waals surface area (Å²) in [5, 5.41) is 0.527. The van der Waals surface area contributed by atoms with E-state index in [1.54, 1.807) is 19.1 Å². The van der Waals surface area contributed by atoms with E-state index in [1.807, 2.05) is 0 Å². The highest BCUT2D eigenvalue weighted by Crippen LogP contribution is 2.36. The van der Waals surface area contributed by atoms with Crippen LogP contribution >= 0.6 is 0 Å². The van der Waals surface area contributed by atoms with Gasteiger partial charge in [0.15, 0.2) is 23.9 Å². The molecule has 1 aromatic heterocycles. The largest absolute Gasteiger partial charge is 0.489 e. The van der Waals surface area contributed by atoms with Crippen LogP contribution in [0.15, 0.2) is 27.4 Å². The summed E-state index contributed by atoms with van der Waals surface area (Å²) in [5.41, 5.74) is -0.748. The molecule has 0 spiro atoms. The Bertz CT molecular complexity index is 1070. The van der Waals surface area contributed by atoms with E-state index in [1.165, 1.54) is 6.07 Å². The Hall–Kier alpha value is -2.66. The number of carbonyl (C=O) groups is 1. The molecule has 0 bridgehead atoms. The van der Waals surface area contributed by atoms with Crippen LogP contribution in [0.3, 0.4) is 0 Å². The molecule has 1 aromatic carbocycles. The first-order valence-electron chi connectivity index (χ1n) is 13.7. The van der Waals surface area contributed by atoms with Gasteiger partial charge in [0.2, 0.25) is 5.75 Å². The summed E-state index contributed by atoms with van der Waals surface area (Å²) in [6.45, 7) is 4.96. The minimum atomic E-state index is -0.795. The van der Waals surface area contributed by atoms with Gasteiger partial charge >= 0.3 is 11.6 Å². The highest BCUT2D eigenvalue weighted by molar-refractivity contribution is 5.94. The van der Waals surface area contributed by atoms with Crippen LogP contribution in [-0.2, 0) is 23.7 Å². The summed E-state index contributed by atoms with van der Waals surface area (Å²) in [5.74, 6) is 0.0189. The molecular formula is C28H38O10. The van der Waals surface area contributed by atoms with Crippen molar-refractivity contribution in [3.05, 3.63) is 34.2 Å². The SMILES string of the molecule is CCOC(=O)c1cc2ccc(OCCCOC3CCCCO3)c(OCCCOC3CCCCO3)c2oc1=O. The number of hydrogen-bond acceptors (Lipinski definition) is 10. The fourth-order valence-electron chi connectivity index (χ4n) is 4.33. The smallest absolute Gasteiger partial charge is 0.351 e. The van der Waals surface area contributed by atoms with Crippen molar-refractivity contribution in [3.8, 4) is 11.5 Å². The third kappa shape index (κ3) is 8.17. The number of fused-ring (bicyclic) bond motifs is 1. The highest BCUT2D eigenvalue weighted by Gasteiger charge is 2.20. The van der Waals surface area contributed by atoms with E-state index in [4.69, 9.17) is 37.6 Å². The molecule has 2 aromatic rings. The van der Waals surface area contributed by atoms with E-state index in [0.29, 0.717) is 56.2 Å². The van der Waals surface area contributed by atoms with Crippen LogP contribution in [-0.4, -0.2) is 64.8 Å². The third-order valence-corrected chi connectivity index (χ3v) is 6.28. The lowest BCUT2D eigenvalue weighted by molar-refractivity contribution is -0.163. The van der Waals surface area contributed by atoms with E-state index >= 15 is 0 Å². The van der Waals surface area contributed by atoms with E-state index in [-0.39, 0.29) is 30.3 Å². The quantitative estimate of drug-likeness (QED) is 0.194. The molecule has 0 aliphatic carbocycles. The minimum Gasteiger partial charge on any atom is -0.489 e. The van der Waals surface area contributed by atoms with Crippen LogP contribution in [0.4, 0.5) is 0 Å². The predicted molar refractivity (Wildman–Crippen MR) is 138 cm³/mol. The van der Waals surface area contributed by atoms with Crippen molar-refractivity contribution in [2.24, 2.45) is 0 Å². The molecular weight excluding hydrogens is 496 g/mol. The van der Waals surface area contributed by atoms with Gasteiger partial charge < -0.3 is 37.6 Å². The molecule has 10 heteroatoms. The number of benzene rings is 1. The molecule has 210 valence electrons. The summed E-state index contributed by atoms with van der Waals surface area (Å²) in [4.78, 5) is 24.8. The Kier molecular flexibility index (Phi) is 11.2. The maximum Gasteiger partial charge on any atom is 0.351 e. The van der Waals surface area contributed by atoms with E-state index in [2.05, 4.69) is 0 Å². The molecule has 2 fully saturated rings. The van der Waals surface area contributed by atoms with Crippen molar-refractivity contribution in [1.29, 1.82) is 0 Å². The van der Waals surface area contributed by atoms with Gasteiger partial charge in [-0.3, -0.25) is 0 Å². The molecule has 10 nitrogen and oxygen atoms in total. The van der Waals surface area contributed by atoms with Gasteiger partial charge in [-0.2, -0.15) is 0 Å². The first-order chi connectivity index (χ1) is 18.7. The van der Waals surface area contributed by atoms with E-state index in [0.717, 1.165) is 51.7 Å². The van der Waals surface area contributed by atoms with Crippen LogP contribution in [0.2, 0.25) is 0 Å². The molecule has 2 aliphatic heterocycles. The van der Waals surface area contributed by atoms with Gasteiger partial charge in [-0.25, -0.2) is 9.59 Å².